The van der Waals surface area contributed by atoms with E-state index in [0.717, 1.165) is 37.7 Å². The summed E-state index contributed by atoms with van der Waals surface area (Å²) in [7, 11) is 0. The van der Waals surface area contributed by atoms with Crippen LogP contribution < -0.4 is 0 Å². The molecule has 1 atom stereocenters. The molecule has 0 bridgehead atoms. The van der Waals surface area contributed by atoms with Crippen molar-refractivity contribution in [2.24, 2.45) is 0 Å². The molecule has 0 N–H and O–H groups in total. The lowest BCUT2D eigenvalue weighted by atomic mass is 9.93. The second-order valence-corrected chi connectivity index (χ2v) is 5.70. The molecule has 2 heterocycles. The number of aryl methyl sites for hydroxylation is 1. The van der Waals surface area contributed by atoms with Crippen LogP contribution in [0.4, 0.5) is 0 Å². The number of aromatic nitrogens is 2. The predicted octanol–water partition coefficient (Wildman–Crippen LogP) is 3.53. The van der Waals surface area contributed by atoms with Crippen LogP contribution in [-0.2, 0) is 19.4 Å². The fraction of sp³-hybridized carbons (Fsp3) is 0.529. The number of unbranched alkanes of at least 4 members (excludes halogenated alkanes) is 1. The summed E-state index contributed by atoms with van der Waals surface area (Å²) >= 11 is 0. The van der Waals surface area contributed by atoms with Crippen molar-refractivity contribution in [2.45, 2.75) is 52.1 Å². The van der Waals surface area contributed by atoms with Gasteiger partial charge >= 0.3 is 0 Å². The van der Waals surface area contributed by atoms with Crippen molar-refractivity contribution in [3.05, 3.63) is 47.2 Å². The predicted molar refractivity (Wildman–Crippen MR) is 81.9 cm³/mol. The van der Waals surface area contributed by atoms with Crippen LogP contribution >= 0.6 is 0 Å². The Balaban J connectivity index is 1.88. The maximum absolute atomic E-state index is 5.83. The fourth-order valence-corrected chi connectivity index (χ4v) is 2.96. The Bertz CT molecular complexity index is 593. The highest BCUT2D eigenvalue weighted by Gasteiger charge is 2.30. The summed E-state index contributed by atoms with van der Waals surface area (Å²) in [5.41, 5.74) is 2.84. The smallest absolute Gasteiger partial charge is 0.233 e. The van der Waals surface area contributed by atoms with Crippen molar-refractivity contribution in [1.29, 1.82) is 0 Å². The molecular weight excluding hydrogens is 262 g/mol. The standard InChI is InChI=1S/C17H23N3O/c1-3-5-10-20-12-14-9-7-6-8-13(14)11-15(20)17-19-18-16(4-2)21-17/h6-9,15H,3-5,10-12H2,1-2H3/t15-/m1/s1. The molecule has 0 unspecified atom stereocenters. The molecule has 0 radical (unpaired) electrons. The van der Waals surface area contributed by atoms with E-state index in [2.05, 4.69) is 46.3 Å². The van der Waals surface area contributed by atoms with Gasteiger partial charge in [-0.3, -0.25) is 4.90 Å². The SMILES string of the molecule is CCCCN1Cc2ccccc2C[C@@H]1c1nnc(CC)o1. The third kappa shape index (κ3) is 3.00. The Morgan fingerprint density at radius 2 is 2.00 bits per heavy atom. The first-order chi connectivity index (χ1) is 10.3. The molecule has 0 saturated carbocycles. The molecule has 0 aliphatic carbocycles. The van der Waals surface area contributed by atoms with Gasteiger partial charge in [-0.25, -0.2) is 0 Å². The van der Waals surface area contributed by atoms with E-state index in [1.54, 1.807) is 0 Å². The lowest BCUT2D eigenvalue weighted by Gasteiger charge is -2.34. The van der Waals surface area contributed by atoms with Crippen LogP contribution in [0.2, 0.25) is 0 Å². The molecule has 1 aromatic heterocycles. The van der Waals surface area contributed by atoms with E-state index in [9.17, 15) is 0 Å². The third-order valence-corrected chi connectivity index (χ3v) is 4.21. The average Bonchev–Trinajstić information content (AvgIpc) is 3.01. The van der Waals surface area contributed by atoms with E-state index in [-0.39, 0.29) is 6.04 Å². The zero-order valence-corrected chi connectivity index (χ0v) is 12.9. The van der Waals surface area contributed by atoms with E-state index in [1.165, 1.54) is 24.0 Å². The van der Waals surface area contributed by atoms with E-state index < -0.39 is 0 Å². The molecule has 0 saturated heterocycles. The minimum Gasteiger partial charge on any atom is -0.424 e. The van der Waals surface area contributed by atoms with Crippen LogP contribution in [0.15, 0.2) is 28.7 Å². The molecule has 0 amide bonds. The molecule has 2 aromatic rings. The lowest BCUT2D eigenvalue weighted by molar-refractivity contribution is 0.143. The number of rotatable bonds is 5. The molecule has 4 nitrogen and oxygen atoms in total. The van der Waals surface area contributed by atoms with Crippen molar-refractivity contribution in [1.82, 2.24) is 15.1 Å². The van der Waals surface area contributed by atoms with Crippen molar-refractivity contribution in [2.75, 3.05) is 6.54 Å². The molecule has 0 spiro atoms. The summed E-state index contributed by atoms with van der Waals surface area (Å²) in [4.78, 5) is 2.48. The Labute approximate surface area is 126 Å². The molecule has 3 rings (SSSR count). The van der Waals surface area contributed by atoms with Crippen LogP contribution in [0.25, 0.3) is 0 Å². The maximum Gasteiger partial charge on any atom is 0.233 e. The van der Waals surface area contributed by atoms with Crippen molar-refractivity contribution in [3.63, 3.8) is 0 Å². The Morgan fingerprint density at radius 1 is 1.19 bits per heavy atom. The second-order valence-electron chi connectivity index (χ2n) is 5.70. The van der Waals surface area contributed by atoms with Gasteiger partial charge < -0.3 is 4.42 Å². The number of fused-ring (bicyclic) bond motifs is 1. The average molecular weight is 285 g/mol. The number of benzene rings is 1. The highest BCUT2D eigenvalue weighted by atomic mass is 16.4. The van der Waals surface area contributed by atoms with Gasteiger partial charge in [-0.15, -0.1) is 10.2 Å². The molecule has 4 heteroatoms. The quantitative estimate of drug-likeness (QED) is 0.842. The summed E-state index contributed by atoms with van der Waals surface area (Å²) < 4.78 is 5.83. The van der Waals surface area contributed by atoms with E-state index in [1.807, 2.05) is 6.92 Å². The van der Waals surface area contributed by atoms with Crippen molar-refractivity contribution in [3.8, 4) is 0 Å². The van der Waals surface area contributed by atoms with Gasteiger partial charge in [0.2, 0.25) is 11.8 Å². The van der Waals surface area contributed by atoms with E-state index in [4.69, 9.17) is 4.42 Å². The number of hydrogen-bond donors (Lipinski definition) is 0. The Morgan fingerprint density at radius 3 is 2.71 bits per heavy atom. The summed E-state index contributed by atoms with van der Waals surface area (Å²) in [6.45, 7) is 6.33. The highest BCUT2D eigenvalue weighted by Crippen LogP contribution is 2.32. The maximum atomic E-state index is 5.83. The fourth-order valence-electron chi connectivity index (χ4n) is 2.96. The number of hydrogen-bond acceptors (Lipinski definition) is 4. The Kier molecular flexibility index (Phi) is 4.34. The minimum absolute atomic E-state index is 0.222. The molecule has 21 heavy (non-hydrogen) atoms. The van der Waals surface area contributed by atoms with Gasteiger partial charge in [0.25, 0.3) is 0 Å². The van der Waals surface area contributed by atoms with Gasteiger partial charge in [0.1, 0.15) is 0 Å². The molecule has 1 aliphatic heterocycles. The van der Waals surface area contributed by atoms with Crippen LogP contribution in [0.3, 0.4) is 0 Å². The van der Waals surface area contributed by atoms with E-state index >= 15 is 0 Å². The molecule has 1 aliphatic rings. The Hall–Kier alpha value is -1.68. The minimum atomic E-state index is 0.222. The van der Waals surface area contributed by atoms with E-state index in [0.29, 0.717) is 0 Å². The summed E-state index contributed by atoms with van der Waals surface area (Å²) in [5.74, 6) is 1.51. The molecular formula is C17H23N3O. The second kappa shape index (κ2) is 6.39. The zero-order valence-electron chi connectivity index (χ0n) is 12.9. The van der Waals surface area contributed by atoms with Gasteiger partial charge in [-0.1, -0.05) is 44.5 Å². The van der Waals surface area contributed by atoms with Gasteiger partial charge in [-0.05, 0) is 30.5 Å². The summed E-state index contributed by atoms with van der Waals surface area (Å²) in [6, 6.07) is 8.91. The lowest BCUT2D eigenvalue weighted by Crippen LogP contribution is -2.35. The van der Waals surface area contributed by atoms with Gasteiger partial charge in [0.15, 0.2) is 0 Å². The van der Waals surface area contributed by atoms with Crippen LogP contribution in [0.5, 0.6) is 0 Å². The normalized spacial score (nSPS) is 18.7. The van der Waals surface area contributed by atoms with Crippen molar-refractivity contribution < 1.29 is 4.42 Å². The monoisotopic (exact) mass is 285 g/mol. The van der Waals surface area contributed by atoms with Crippen LogP contribution in [-0.4, -0.2) is 21.6 Å². The third-order valence-electron chi connectivity index (χ3n) is 4.21. The largest absolute Gasteiger partial charge is 0.424 e. The van der Waals surface area contributed by atoms with Gasteiger partial charge in [0.05, 0.1) is 6.04 Å². The first-order valence-electron chi connectivity index (χ1n) is 7.95. The summed E-state index contributed by atoms with van der Waals surface area (Å²) in [6.07, 6.45) is 4.17. The molecule has 112 valence electrons. The summed E-state index contributed by atoms with van der Waals surface area (Å²) in [5, 5.41) is 8.42. The van der Waals surface area contributed by atoms with Gasteiger partial charge in [0, 0.05) is 13.0 Å². The number of nitrogens with zero attached hydrogens (tertiary/aromatic N) is 3. The first-order valence-corrected chi connectivity index (χ1v) is 7.95. The molecule has 1 aromatic carbocycles. The highest BCUT2D eigenvalue weighted by molar-refractivity contribution is 5.30. The van der Waals surface area contributed by atoms with Crippen molar-refractivity contribution >= 4 is 0 Å². The van der Waals surface area contributed by atoms with Gasteiger partial charge in [-0.2, -0.15) is 0 Å². The first kappa shape index (κ1) is 14.3. The topological polar surface area (TPSA) is 42.2 Å². The molecule has 0 fully saturated rings. The van der Waals surface area contributed by atoms with Crippen LogP contribution in [0, 0.1) is 0 Å². The van der Waals surface area contributed by atoms with Crippen LogP contribution in [0.1, 0.15) is 55.6 Å². The zero-order chi connectivity index (χ0) is 14.7.